The van der Waals surface area contributed by atoms with Crippen LogP contribution in [0.2, 0.25) is 0 Å². The van der Waals surface area contributed by atoms with Crippen LogP contribution in [0.15, 0.2) is 0 Å². The van der Waals surface area contributed by atoms with Gasteiger partial charge >= 0.3 is 0 Å². The molecule has 5 aliphatic heterocycles. The summed E-state index contributed by atoms with van der Waals surface area (Å²) in [6.07, 6.45) is 21.0. The zero-order valence-electron chi connectivity index (χ0n) is 25.0. The molecule has 8 bridgehead atoms. The van der Waals surface area contributed by atoms with E-state index in [1.807, 2.05) is 0 Å². The van der Waals surface area contributed by atoms with Crippen LogP contribution in [0.4, 0.5) is 0 Å². The maximum Gasteiger partial charge on any atom is 0.0106 e. The lowest BCUT2D eigenvalue weighted by Crippen LogP contribution is -2.59. The van der Waals surface area contributed by atoms with Crippen molar-refractivity contribution in [3.63, 3.8) is 0 Å². The van der Waals surface area contributed by atoms with Crippen molar-refractivity contribution < 1.29 is 0 Å². The van der Waals surface area contributed by atoms with Gasteiger partial charge in [-0.15, -0.1) is 0 Å². The average Bonchev–Trinajstić information content (AvgIpc) is 3.01. The fourth-order valence-electron chi connectivity index (χ4n) is 10.2. The van der Waals surface area contributed by atoms with Crippen molar-refractivity contribution in [2.45, 2.75) is 174 Å². The first-order chi connectivity index (χ1) is 17.3. The molecule has 4 saturated carbocycles. The molecule has 4 aliphatic carbocycles. The minimum Gasteiger partial charge on any atom is -0.298 e. The Balaban J connectivity index is 0.000000112. The number of piperidine rings is 3. The van der Waals surface area contributed by atoms with Gasteiger partial charge in [-0.25, -0.2) is 0 Å². The van der Waals surface area contributed by atoms with Crippen LogP contribution >= 0.6 is 0 Å². The zero-order valence-corrected chi connectivity index (χ0v) is 25.0. The molecule has 0 aromatic carbocycles. The summed E-state index contributed by atoms with van der Waals surface area (Å²) in [5, 5.41) is 0. The largest absolute Gasteiger partial charge is 0.298 e. The van der Waals surface area contributed by atoms with E-state index >= 15 is 0 Å². The van der Waals surface area contributed by atoms with Crippen LogP contribution in [0.3, 0.4) is 0 Å². The first kappa shape index (κ1) is 27.4. The van der Waals surface area contributed by atoms with E-state index in [2.05, 4.69) is 56.2 Å². The predicted molar refractivity (Wildman–Crippen MR) is 154 cm³/mol. The maximum atomic E-state index is 2.83. The molecule has 0 radical (unpaired) electrons. The first-order valence-corrected chi connectivity index (χ1v) is 16.6. The summed E-state index contributed by atoms with van der Waals surface area (Å²) in [6.45, 7) is 16.9. The lowest BCUT2D eigenvalue weighted by molar-refractivity contribution is -0.0749. The molecule has 0 spiro atoms. The van der Waals surface area contributed by atoms with Crippen molar-refractivity contribution >= 4 is 0 Å². The van der Waals surface area contributed by atoms with E-state index < -0.39 is 0 Å². The molecule has 5 heterocycles. The highest BCUT2D eigenvalue weighted by Gasteiger charge is 2.47. The highest BCUT2D eigenvalue weighted by molar-refractivity contribution is 5.01. The van der Waals surface area contributed by atoms with Gasteiger partial charge in [-0.05, 0) is 142 Å². The van der Waals surface area contributed by atoms with E-state index in [1.54, 1.807) is 6.42 Å². The molecular weight excluding hydrogens is 438 g/mol. The average molecular weight is 500 g/mol. The molecule has 5 saturated heterocycles. The highest BCUT2D eigenvalue weighted by Crippen LogP contribution is 2.49. The van der Waals surface area contributed by atoms with Crippen LogP contribution in [0.5, 0.6) is 0 Å². The summed E-state index contributed by atoms with van der Waals surface area (Å²) in [7, 11) is 0. The van der Waals surface area contributed by atoms with Crippen molar-refractivity contribution in [1.82, 2.24) is 14.7 Å². The molecule has 3 heteroatoms. The third-order valence-corrected chi connectivity index (χ3v) is 11.5. The normalized spacial score (nSPS) is 41.9. The van der Waals surface area contributed by atoms with Crippen LogP contribution < -0.4 is 0 Å². The van der Waals surface area contributed by atoms with E-state index in [-0.39, 0.29) is 0 Å². The van der Waals surface area contributed by atoms with E-state index in [9.17, 15) is 0 Å². The molecule has 9 fully saturated rings. The van der Waals surface area contributed by atoms with E-state index in [0.29, 0.717) is 0 Å². The van der Waals surface area contributed by atoms with Crippen LogP contribution in [0, 0.1) is 23.7 Å². The number of hydrogen-bond acceptors (Lipinski definition) is 3. The van der Waals surface area contributed by atoms with Gasteiger partial charge < -0.3 is 0 Å². The Kier molecular flexibility index (Phi) is 9.11. The monoisotopic (exact) mass is 499 g/mol. The molecular formula is C33H61N3. The molecule has 0 N–H and O–H groups in total. The summed E-state index contributed by atoms with van der Waals surface area (Å²) in [5.41, 5.74) is 0. The minimum absolute atomic E-state index is 0.774. The fraction of sp³-hybridized carbons (Fsp3) is 1.00. The van der Waals surface area contributed by atoms with Gasteiger partial charge in [-0.3, -0.25) is 14.7 Å². The zero-order chi connectivity index (χ0) is 25.4. The lowest BCUT2D eigenvalue weighted by atomic mass is 9.63. The summed E-state index contributed by atoms with van der Waals surface area (Å²) < 4.78 is 0. The van der Waals surface area contributed by atoms with Crippen molar-refractivity contribution in [3.8, 4) is 0 Å². The molecule has 0 aromatic heterocycles. The topological polar surface area (TPSA) is 9.72 Å². The minimum atomic E-state index is 0.774. The van der Waals surface area contributed by atoms with Crippen LogP contribution in [-0.4, -0.2) is 70.1 Å². The first-order valence-electron chi connectivity index (χ1n) is 16.6. The second kappa shape index (κ2) is 12.0. The Hall–Kier alpha value is -0.120. The van der Waals surface area contributed by atoms with Crippen LogP contribution in [0.1, 0.15) is 131 Å². The van der Waals surface area contributed by atoms with Gasteiger partial charge in [0, 0.05) is 55.4 Å². The number of rotatable bonds is 3. The SMILES string of the molecule is CC(C)N1C2CC3CC(C2)CC1C3.CC(C)N1CC2CCCC1C2.CC(C)N1CC2CCCC1CC2. The molecule has 9 rings (SSSR count). The lowest BCUT2D eigenvalue weighted by Gasteiger charge is -2.58. The third-order valence-electron chi connectivity index (χ3n) is 11.5. The standard InChI is InChI=1S/C12H21N.C11H21N.C10H19N/c1-8(2)13-11-4-9-3-10(6-11)7-12(13)5-9;1-9(2)12-8-10-4-3-5-11(12)7-6-10;1-8(2)11-7-9-4-3-5-10(11)6-9/h8-12H,3-7H2,1-2H3;9-11H,3-8H2,1-2H3;8-10H,3-7H2,1-2H3. The summed E-state index contributed by atoms with van der Waals surface area (Å²) in [5.74, 6) is 4.30. The van der Waals surface area contributed by atoms with Gasteiger partial charge in [-0.2, -0.15) is 0 Å². The number of fused-ring (bicyclic) bond motifs is 6. The van der Waals surface area contributed by atoms with Crippen molar-refractivity contribution in [2.75, 3.05) is 13.1 Å². The van der Waals surface area contributed by atoms with Crippen molar-refractivity contribution in [2.24, 2.45) is 23.7 Å². The maximum absolute atomic E-state index is 2.83. The smallest absolute Gasteiger partial charge is 0.0106 e. The summed E-state index contributed by atoms with van der Waals surface area (Å²) in [6, 6.07) is 6.17. The summed E-state index contributed by atoms with van der Waals surface area (Å²) in [4.78, 5) is 8.27. The van der Waals surface area contributed by atoms with Gasteiger partial charge in [0.05, 0.1) is 0 Å². The van der Waals surface area contributed by atoms with Gasteiger partial charge in [0.1, 0.15) is 0 Å². The van der Waals surface area contributed by atoms with Crippen molar-refractivity contribution in [3.05, 3.63) is 0 Å². The molecule has 4 atom stereocenters. The molecule has 0 amide bonds. The molecule has 3 nitrogen and oxygen atoms in total. The Morgan fingerprint density at radius 2 is 0.917 bits per heavy atom. The van der Waals surface area contributed by atoms with Gasteiger partial charge in [0.15, 0.2) is 0 Å². The van der Waals surface area contributed by atoms with Gasteiger partial charge in [-0.1, -0.05) is 12.8 Å². The molecule has 9 aliphatic rings. The number of likely N-dealkylation sites (tertiary alicyclic amines) is 1. The second-order valence-corrected chi connectivity index (χ2v) is 15.1. The third kappa shape index (κ3) is 6.20. The quantitative estimate of drug-likeness (QED) is 0.396. The summed E-state index contributed by atoms with van der Waals surface area (Å²) >= 11 is 0. The second-order valence-electron chi connectivity index (χ2n) is 15.1. The Bertz CT molecular complexity index is 654. The van der Waals surface area contributed by atoms with Gasteiger partial charge in [0.25, 0.3) is 0 Å². The van der Waals surface area contributed by atoms with E-state index in [0.717, 1.165) is 66.0 Å². The van der Waals surface area contributed by atoms with Crippen LogP contribution in [-0.2, 0) is 0 Å². The predicted octanol–water partition coefficient (Wildman–Crippen LogP) is 7.59. The molecule has 36 heavy (non-hydrogen) atoms. The number of nitrogens with zero attached hydrogens (tertiary/aromatic N) is 3. The Morgan fingerprint density at radius 1 is 0.417 bits per heavy atom. The molecule has 208 valence electrons. The van der Waals surface area contributed by atoms with Crippen molar-refractivity contribution in [1.29, 1.82) is 0 Å². The molecule has 4 unspecified atom stereocenters. The van der Waals surface area contributed by atoms with Gasteiger partial charge in [0.2, 0.25) is 0 Å². The fourth-order valence-corrected chi connectivity index (χ4v) is 10.2. The Morgan fingerprint density at radius 3 is 1.47 bits per heavy atom. The van der Waals surface area contributed by atoms with E-state index in [4.69, 9.17) is 0 Å². The highest BCUT2D eigenvalue weighted by atomic mass is 15.2. The Labute approximate surface area is 225 Å². The van der Waals surface area contributed by atoms with E-state index in [1.165, 1.54) is 96.6 Å². The van der Waals surface area contributed by atoms with Crippen LogP contribution in [0.25, 0.3) is 0 Å². The molecule has 0 aromatic rings. The number of hydrogen-bond donors (Lipinski definition) is 0.